The van der Waals surface area contributed by atoms with E-state index >= 15 is 0 Å². The highest BCUT2D eigenvalue weighted by molar-refractivity contribution is 6.07. The van der Waals surface area contributed by atoms with Crippen molar-refractivity contribution >= 4 is 17.5 Å². The molecule has 3 atom stereocenters. The van der Waals surface area contributed by atoms with E-state index in [1.54, 1.807) is 18.2 Å². The summed E-state index contributed by atoms with van der Waals surface area (Å²) in [4.78, 5) is 33.7. The molecule has 3 aromatic carbocycles. The first-order chi connectivity index (χ1) is 14.6. The molecule has 0 aliphatic carbocycles. The Balaban J connectivity index is 1.54. The van der Waals surface area contributed by atoms with Crippen LogP contribution in [0.5, 0.6) is 0 Å². The Labute approximate surface area is 173 Å². The normalized spacial score (nSPS) is 23.2. The van der Waals surface area contributed by atoms with E-state index in [9.17, 15) is 14.0 Å². The van der Waals surface area contributed by atoms with Crippen molar-refractivity contribution in [2.45, 2.75) is 18.7 Å². The van der Waals surface area contributed by atoms with Gasteiger partial charge in [0.15, 0.2) is 6.10 Å². The van der Waals surface area contributed by atoms with E-state index in [0.29, 0.717) is 11.3 Å². The van der Waals surface area contributed by atoms with Crippen LogP contribution in [0.1, 0.15) is 17.2 Å². The highest BCUT2D eigenvalue weighted by atomic mass is 19.1. The predicted molar refractivity (Wildman–Crippen MR) is 108 cm³/mol. The first-order valence-corrected chi connectivity index (χ1v) is 9.80. The predicted octanol–water partition coefficient (Wildman–Crippen LogP) is 3.87. The monoisotopic (exact) mass is 402 g/mol. The molecule has 5 rings (SSSR count). The summed E-state index contributed by atoms with van der Waals surface area (Å²) in [6.45, 7) is 0.171. The molecule has 150 valence electrons. The molecule has 2 heterocycles. The summed E-state index contributed by atoms with van der Waals surface area (Å²) in [5, 5.41) is 1.50. The second-order valence-corrected chi connectivity index (χ2v) is 7.43. The Morgan fingerprint density at radius 1 is 0.800 bits per heavy atom. The highest BCUT2D eigenvalue weighted by Crippen LogP contribution is 2.47. The summed E-state index contributed by atoms with van der Waals surface area (Å²) in [7, 11) is 0. The van der Waals surface area contributed by atoms with Crippen LogP contribution in [0.15, 0.2) is 84.9 Å². The summed E-state index contributed by atoms with van der Waals surface area (Å²) in [6.07, 6.45) is -0.981. The number of benzene rings is 3. The standard InChI is InChI=1S/C24H19FN2O3/c25-19-14-8-7-13-18(19)21-20-22(30-27(21)17-11-5-2-6-12-17)24(29)26(23(20)28)15-16-9-3-1-4-10-16/h1-14,20-22H,15H2/t20-,21-,22-/m1/s1. The first kappa shape index (κ1) is 18.5. The number of fused-ring (bicyclic) bond motifs is 1. The average Bonchev–Trinajstić information content (AvgIpc) is 3.27. The number of amides is 2. The molecule has 2 aliphatic rings. The van der Waals surface area contributed by atoms with Crippen molar-refractivity contribution in [1.29, 1.82) is 0 Å². The minimum Gasteiger partial charge on any atom is -0.275 e. The van der Waals surface area contributed by atoms with Crippen LogP contribution >= 0.6 is 0 Å². The fourth-order valence-corrected chi connectivity index (χ4v) is 4.22. The number of imide groups is 1. The molecule has 2 saturated heterocycles. The van der Waals surface area contributed by atoms with Crippen LogP contribution in [0.2, 0.25) is 0 Å². The zero-order valence-corrected chi connectivity index (χ0v) is 16.0. The third kappa shape index (κ3) is 2.97. The largest absolute Gasteiger partial charge is 0.275 e. The molecule has 0 radical (unpaired) electrons. The van der Waals surface area contributed by atoms with Crippen molar-refractivity contribution in [3.8, 4) is 0 Å². The Hall–Kier alpha value is -3.51. The molecule has 0 N–H and O–H groups in total. The third-order valence-electron chi connectivity index (χ3n) is 5.62. The third-order valence-corrected chi connectivity index (χ3v) is 5.62. The van der Waals surface area contributed by atoms with Gasteiger partial charge in [-0.25, -0.2) is 9.45 Å². The van der Waals surface area contributed by atoms with E-state index in [2.05, 4.69) is 0 Å². The van der Waals surface area contributed by atoms with E-state index in [-0.39, 0.29) is 12.5 Å². The van der Waals surface area contributed by atoms with E-state index < -0.39 is 29.8 Å². The summed E-state index contributed by atoms with van der Waals surface area (Å²) < 4.78 is 14.8. The van der Waals surface area contributed by atoms with E-state index in [1.165, 1.54) is 16.0 Å². The lowest BCUT2D eigenvalue weighted by Crippen LogP contribution is -2.37. The molecule has 3 aromatic rings. The number of carbonyl (C=O) groups is 2. The molecule has 0 unspecified atom stereocenters. The number of hydrogen-bond donors (Lipinski definition) is 0. The number of rotatable bonds is 4. The summed E-state index contributed by atoms with van der Waals surface area (Å²) >= 11 is 0. The molecule has 6 heteroatoms. The van der Waals surface area contributed by atoms with Crippen molar-refractivity contribution in [3.05, 3.63) is 102 Å². The van der Waals surface area contributed by atoms with Gasteiger partial charge in [-0.05, 0) is 23.8 Å². The van der Waals surface area contributed by atoms with E-state index in [4.69, 9.17) is 4.84 Å². The van der Waals surface area contributed by atoms with Crippen LogP contribution in [-0.4, -0.2) is 22.8 Å². The second kappa shape index (κ2) is 7.39. The van der Waals surface area contributed by atoms with Crippen LogP contribution < -0.4 is 5.06 Å². The smallest absolute Gasteiger partial charge is 0.262 e. The van der Waals surface area contributed by atoms with Crippen molar-refractivity contribution in [1.82, 2.24) is 4.90 Å². The van der Waals surface area contributed by atoms with E-state index in [1.807, 2.05) is 60.7 Å². The van der Waals surface area contributed by atoms with Crippen molar-refractivity contribution in [2.75, 3.05) is 5.06 Å². The average molecular weight is 402 g/mol. The minimum absolute atomic E-state index is 0.171. The van der Waals surface area contributed by atoms with Crippen LogP contribution in [0, 0.1) is 11.7 Å². The van der Waals surface area contributed by atoms with Crippen molar-refractivity contribution in [3.63, 3.8) is 0 Å². The SMILES string of the molecule is O=C1[C@@H]2[C@@H](c3ccccc3F)N(c3ccccc3)O[C@H]2C(=O)N1Cc1ccccc1. The van der Waals surface area contributed by atoms with Crippen LogP contribution in [0.3, 0.4) is 0 Å². The fourth-order valence-electron chi connectivity index (χ4n) is 4.22. The van der Waals surface area contributed by atoms with Crippen molar-refractivity contribution < 1.29 is 18.8 Å². The molecule has 2 fully saturated rings. The first-order valence-electron chi connectivity index (χ1n) is 9.80. The molecular formula is C24H19FN2O3. The minimum atomic E-state index is -0.981. The number of hydrogen-bond acceptors (Lipinski definition) is 4. The van der Waals surface area contributed by atoms with Gasteiger partial charge in [-0.15, -0.1) is 0 Å². The molecular weight excluding hydrogens is 383 g/mol. The molecule has 0 bridgehead atoms. The van der Waals surface area contributed by atoms with Gasteiger partial charge in [0.05, 0.1) is 18.3 Å². The van der Waals surface area contributed by atoms with E-state index in [0.717, 1.165) is 5.56 Å². The summed E-state index contributed by atoms with van der Waals surface area (Å²) in [5.74, 6) is -2.00. The number of halogens is 1. The van der Waals surface area contributed by atoms with Gasteiger partial charge in [0.1, 0.15) is 11.7 Å². The Morgan fingerprint density at radius 2 is 1.43 bits per heavy atom. The van der Waals surface area contributed by atoms with Gasteiger partial charge in [-0.1, -0.05) is 66.7 Å². The fraction of sp³-hybridized carbons (Fsp3) is 0.167. The molecule has 2 amide bonds. The Bertz CT molecular complexity index is 1090. The quantitative estimate of drug-likeness (QED) is 0.622. The second-order valence-electron chi connectivity index (χ2n) is 7.43. The molecule has 30 heavy (non-hydrogen) atoms. The van der Waals surface area contributed by atoms with Gasteiger partial charge in [0, 0.05) is 5.56 Å². The zero-order chi connectivity index (χ0) is 20.7. The van der Waals surface area contributed by atoms with Gasteiger partial charge < -0.3 is 0 Å². The van der Waals surface area contributed by atoms with Gasteiger partial charge in [0.25, 0.3) is 5.91 Å². The lowest BCUT2D eigenvalue weighted by Gasteiger charge is -2.29. The number of anilines is 1. The summed E-state index contributed by atoms with van der Waals surface area (Å²) in [5.41, 5.74) is 1.84. The number of para-hydroxylation sites is 1. The molecule has 0 spiro atoms. The zero-order valence-electron chi connectivity index (χ0n) is 16.0. The lowest BCUT2D eigenvalue weighted by atomic mass is 9.90. The maximum Gasteiger partial charge on any atom is 0.262 e. The number of likely N-dealkylation sites (tertiary alicyclic amines) is 1. The van der Waals surface area contributed by atoms with Crippen molar-refractivity contribution in [2.24, 2.45) is 5.92 Å². The lowest BCUT2D eigenvalue weighted by molar-refractivity contribution is -0.143. The van der Waals surface area contributed by atoms with Crippen LogP contribution in [0.25, 0.3) is 0 Å². The Kier molecular flexibility index (Phi) is 4.56. The Morgan fingerprint density at radius 3 is 2.13 bits per heavy atom. The molecule has 0 saturated carbocycles. The maximum atomic E-state index is 14.8. The highest BCUT2D eigenvalue weighted by Gasteiger charge is 2.60. The molecule has 5 nitrogen and oxygen atoms in total. The number of nitrogens with zero attached hydrogens (tertiary/aromatic N) is 2. The molecule has 0 aromatic heterocycles. The van der Waals surface area contributed by atoms with Gasteiger partial charge in [0.2, 0.25) is 5.91 Å². The van der Waals surface area contributed by atoms with Crippen LogP contribution in [-0.2, 0) is 21.0 Å². The number of carbonyl (C=O) groups excluding carboxylic acids is 2. The van der Waals surface area contributed by atoms with Gasteiger partial charge in [-0.3, -0.25) is 19.3 Å². The topological polar surface area (TPSA) is 49.9 Å². The van der Waals surface area contributed by atoms with Gasteiger partial charge in [-0.2, -0.15) is 0 Å². The van der Waals surface area contributed by atoms with Crippen LogP contribution in [0.4, 0.5) is 10.1 Å². The molecule has 2 aliphatic heterocycles. The maximum absolute atomic E-state index is 14.8. The number of hydroxylamine groups is 1. The van der Waals surface area contributed by atoms with Gasteiger partial charge >= 0.3 is 0 Å². The summed E-state index contributed by atoms with van der Waals surface area (Å²) in [6, 6.07) is 24.0.